The largest absolute Gasteiger partial charge is 0.213 e. The second kappa shape index (κ2) is 2.52. The molecule has 0 bridgehead atoms. The summed E-state index contributed by atoms with van der Waals surface area (Å²) in [5, 5.41) is 1.21. The second-order valence-electron chi connectivity index (χ2n) is 3.00. The Balaban J connectivity index is 2.29. The first-order chi connectivity index (χ1) is 5.27. The molecule has 0 aromatic carbocycles. The van der Waals surface area contributed by atoms with Gasteiger partial charge in [-0.1, -0.05) is 6.92 Å². The van der Waals surface area contributed by atoms with Gasteiger partial charge in [0.15, 0.2) is 0 Å². The van der Waals surface area contributed by atoms with Crippen LogP contribution in [-0.2, 0) is 5.41 Å². The molecule has 1 aromatic rings. The Morgan fingerprint density at radius 3 is 2.73 bits per heavy atom. The van der Waals surface area contributed by atoms with Gasteiger partial charge < -0.3 is 0 Å². The Bertz CT molecular complexity index is 267. The summed E-state index contributed by atoms with van der Waals surface area (Å²) in [4.78, 5) is 4.34. The van der Waals surface area contributed by atoms with Crippen LogP contribution in [0.25, 0.3) is 0 Å². The lowest BCUT2D eigenvalue weighted by Crippen LogP contribution is -2.02. The van der Waals surface area contributed by atoms with E-state index >= 15 is 0 Å². The van der Waals surface area contributed by atoms with Crippen LogP contribution in [0.1, 0.15) is 31.2 Å². The van der Waals surface area contributed by atoms with Gasteiger partial charge in [0.1, 0.15) is 5.01 Å². The van der Waals surface area contributed by atoms with Gasteiger partial charge in [0.25, 0.3) is 0 Å². The van der Waals surface area contributed by atoms with Gasteiger partial charge in [-0.05, 0) is 46.7 Å². The normalized spacial score (nSPS) is 20.2. The smallest absolute Gasteiger partial charge is 0.209 e. The van der Waals surface area contributed by atoms with Gasteiger partial charge in [0.05, 0.1) is 0 Å². The molecule has 0 spiro atoms. The zero-order valence-corrected chi connectivity index (χ0v) is 8.70. The van der Waals surface area contributed by atoms with Crippen LogP contribution in [-0.4, -0.2) is 9.36 Å². The van der Waals surface area contributed by atoms with Crippen molar-refractivity contribution < 1.29 is 0 Å². The number of aromatic nitrogens is 2. The highest BCUT2D eigenvalue weighted by Crippen LogP contribution is 2.51. The van der Waals surface area contributed by atoms with E-state index < -0.39 is 0 Å². The Labute approximate surface area is 78.3 Å². The van der Waals surface area contributed by atoms with E-state index in [4.69, 9.17) is 0 Å². The molecule has 0 atom stereocenters. The van der Waals surface area contributed by atoms with Gasteiger partial charge in [-0.2, -0.15) is 4.37 Å². The Morgan fingerprint density at radius 2 is 2.36 bits per heavy atom. The van der Waals surface area contributed by atoms with Crippen molar-refractivity contribution in [3.05, 3.63) is 9.74 Å². The number of halogens is 1. The first-order valence-corrected chi connectivity index (χ1v) is 5.33. The molecule has 1 aromatic heterocycles. The van der Waals surface area contributed by atoms with E-state index in [1.807, 2.05) is 0 Å². The van der Waals surface area contributed by atoms with Crippen LogP contribution in [0.2, 0.25) is 0 Å². The fourth-order valence-corrected chi connectivity index (χ4v) is 2.67. The Hall–Kier alpha value is 0.0400. The molecule has 0 N–H and O–H groups in total. The van der Waals surface area contributed by atoms with Crippen molar-refractivity contribution in [1.82, 2.24) is 9.36 Å². The lowest BCUT2D eigenvalue weighted by atomic mass is 10.1. The first kappa shape index (κ1) is 7.68. The molecular formula is C7H9BrN2S. The lowest BCUT2D eigenvalue weighted by molar-refractivity contribution is 0.657. The summed E-state index contributed by atoms with van der Waals surface area (Å²) in [5.41, 5.74) is 0.420. The van der Waals surface area contributed by atoms with Crippen molar-refractivity contribution >= 4 is 27.5 Å². The molecular weight excluding hydrogens is 224 g/mol. The van der Waals surface area contributed by atoms with Crippen molar-refractivity contribution in [2.75, 3.05) is 0 Å². The van der Waals surface area contributed by atoms with Gasteiger partial charge in [-0.15, -0.1) is 0 Å². The van der Waals surface area contributed by atoms with E-state index in [-0.39, 0.29) is 0 Å². The van der Waals surface area contributed by atoms with E-state index in [1.54, 1.807) is 0 Å². The highest BCUT2D eigenvalue weighted by molar-refractivity contribution is 9.10. The van der Waals surface area contributed by atoms with Crippen LogP contribution >= 0.6 is 27.5 Å². The maximum Gasteiger partial charge on any atom is 0.209 e. The molecule has 1 aliphatic rings. The molecule has 0 saturated heterocycles. The third-order valence-corrected chi connectivity index (χ3v) is 3.94. The Morgan fingerprint density at radius 1 is 1.64 bits per heavy atom. The van der Waals surface area contributed by atoms with Crippen LogP contribution in [0.3, 0.4) is 0 Å². The van der Waals surface area contributed by atoms with Crippen LogP contribution in [0.4, 0.5) is 0 Å². The van der Waals surface area contributed by atoms with Gasteiger partial charge in [-0.3, -0.25) is 0 Å². The fourth-order valence-electron chi connectivity index (χ4n) is 1.29. The molecule has 11 heavy (non-hydrogen) atoms. The molecule has 0 radical (unpaired) electrons. The Kier molecular flexibility index (Phi) is 1.76. The minimum Gasteiger partial charge on any atom is -0.213 e. The zero-order valence-electron chi connectivity index (χ0n) is 6.30. The molecule has 0 aliphatic heterocycles. The summed E-state index contributed by atoms with van der Waals surface area (Å²) >= 11 is 4.81. The van der Waals surface area contributed by atoms with Crippen LogP contribution in [0.5, 0.6) is 0 Å². The molecule has 1 aliphatic carbocycles. The molecule has 0 amide bonds. The van der Waals surface area contributed by atoms with Crippen molar-refractivity contribution in [3.63, 3.8) is 0 Å². The quantitative estimate of drug-likeness (QED) is 0.784. The molecule has 1 fully saturated rings. The summed E-state index contributed by atoms with van der Waals surface area (Å²) in [6.07, 6.45) is 3.80. The van der Waals surface area contributed by atoms with Gasteiger partial charge >= 0.3 is 0 Å². The van der Waals surface area contributed by atoms with E-state index in [0.717, 1.165) is 4.73 Å². The van der Waals surface area contributed by atoms with E-state index in [2.05, 4.69) is 32.2 Å². The third kappa shape index (κ3) is 1.22. The summed E-state index contributed by atoms with van der Waals surface area (Å²) < 4.78 is 4.87. The number of hydrogen-bond acceptors (Lipinski definition) is 3. The minimum atomic E-state index is 0.420. The topological polar surface area (TPSA) is 25.8 Å². The summed E-state index contributed by atoms with van der Waals surface area (Å²) in [6.45, 7) is 2.22. The molecule has 4 heteroatoms. The first-order valence-electron chi connectivity index (χ1n) is 3.76. The fraction of sp³-hybridized carbons (Fsp3) is 0.714. The van der Waals surface area contributed by atoms with Crippen molar-refractivity contribution in [3.8, 4) is 0 Å². The average molecular weight is 233 g/mol. The maximum atomic E-state index is 4.34. The van der Waals surface area contributed by atoms with Crippen LogP contribution in [0, 0.1) is 0 Å². The van der Waals surface area contributed by atoms with Crippen molar-refractivity contribution in [1.29, 1.82) is 0 Å². The molecule has 1 saturated carbocycles. The predicted octanol–water partition coefficient (Wildman–Crippen LogP) is 2.74. The summed E-state index contributed by atoms with van der Waals surface area (Å²) in [7, 11) is 0. The highest BCUT2D eigenvalue weighted by Gasteiger charge is 2.45. The minimum absolute atomic E-state index is 0.420. The predicted molar refractivity (Wildman–Crippen MR) is 48.8 cm³/mol. The number of nitrogens with zero attached hydrogens (tertiary/aromatic N) is 2. The summed E-state index contributed by atoms with van der Waals surface area (Å²) in [6, 6.07) is 0. The van der Waals surface area contributed by atoms with Crippen LogP contribution in [0.15, 0.2) is 4.73 Å². The average Bonchev–Trinajstić information content (AvgIpc) is 2.70. The van der Waals surface area contributed by atoms with E-state index in [0.29, 0.717) is 5.41 Å². The SMILES string of the molecule is CCC1(c2nc(Br)ns2)CC1. The van der Waals surface area contributed by atoms with Gasteiger partial charge in [0.2, 0.25) is 4.73 Å². The van der Waals surface area contributed by atoms with Crippen LogP contribution < -0.4 is 0 Å². The third-order valence-electron chi connectivity index (χ3n) is 2.39. The van der Waals surface area contributed by atoms with Crippen molar-refractivity contribution in [2.24, 2.45) is 0 Å². The highest BCUT2D eigenvalue weighted by atomic mass is 79.9. The number of rotatable bonds is 2. The zero-order chi connectivity index (χ0) is 7.90. The maximum absolute atomic E-state index is 4.34. The molecule has 60 valence electrons. The lowest BCUT2D eigenvalue weighted by Gasteiger charge is -2.04. The van der Waals surface area contributed by atoms with Gasteiger partial charge in [-0.25, -0.2) is 4.98 Å². The van der Waals surface area contributed by atoms with Gasteiger partial charge in [0, 0.05) is 5.41 Å². The standard InChI is InChI=1S/C7H9BrN2S/c1-2-7(3-4-7)5-9-6(8)10-11-5/h2-4H2,1H3. The molecule has 0 unspecified atom stereocenters. The monoisotopic (exact) mass is 232 g/mol. The second-order valence-corrected chi connectivity index (χ2v) is 4.46. The summed E-state index contributed by atoms with van der Waals surface area (Å²) in [5.74, 6) is 0. The molecule has 1 heterocycles. The van der Waals surface area contributed by atoms with E-state index in [9.17, 15) is 0 Å². The van der Waals surface area contributed by atoms with Crippen molar-refractivity contribution in [2.45, 2.75) is 31.6 Å². The number of hydrogen-bond donors (Lipinski definition) is 0. The van der Waals surface area contributed by atoms with E-state index in [1.165, 1.54) is 35.8 Å². The molecule has 2 nitrogen and oxygen atoms in total. The molecule has 2 rings (SSSR count).